The molecule has 3 nitrogen and oxygen atoms in total. The van der Waals surface area contributed by atoms with E-state index in [1.807, 2.05) is 25.4 Å². The second kappa shape index (κ2) is 5.39. The van der Waals surface area contributed by atoms with E-state index in [0.29, 0.717) is 0 Å². The molecular weight excluding hydrogens is 306 g/mol. The van der Waals surface area contributed by atoms with Gasteiger partial charge < -0.3 is 14.5 Å². The number of para-hydroxylation sites is 1. The number of hydrogen-bond acceptors (Lipinski definition) is 3. The van der Waals surface area contributed by atoms with Gasteiger partial charge in [-0.15, -0.1) is 0 Å². The van der Waals surface area contributed by atoms with Crippen LogP contribution in [0.5, 0.6) is 0 Å². The zero-order chi connectivity index (χ0) is 13.2. The van der Waals surface area contributed by atoms with Crippen molar-refractivity contribution in [3.8, 4) is 0 Å². The van der Waals surface area contributed by atoms with Crippen molar-refractivity contribution in [3.05, 3.63) is 46.3 Å². The molecule has 4 heteroatoms. The van der Waals surface area contributed by atoms with Crippen molar-refractivity contribution < 1.29 is 9.15 Å². The first-order valence-electron chi connectivity index (χ1n) is 6.45. The summed E-state index contributed by atoms with van der Waals surface area (Å²) in [6.07, 6.45) is 3.98. The van der Waals surface area contributed by atoms with E-state index in [1.54, 1.807) is 0 Å². The standard InChI is InChI=1S/C15H16BrNO2/c1-17-14(11-5-3-7-18-9-11)13-8-10-4-2-6-12(16)15(10)19-13/h2,4,6,8-9,14,17H,3,5,7H2,1H3. The molecule has 1 aliphatic heterocycles. The van der Waals surface area contributed by atoms with Crippen LogP contribution in [0.15, 0.2) is 45.0 Å². The Balaban J connectivity index is 2.01. The minimum atomic E-state index is 0.0830. The Bertz CT molecular complexity index is 618. The van der Waals surface area contributed by atoms with Crippen molar-refractivity contribution in [2.24, 2.45) is 0 Å². The van der Waals surface area contributed by atoms with Crippen LogP contribution in [0, 0.1) is 0 Å². The molecule has 0 fully saturated rings. The summed E-state index contributed by atoms with van der Waals surface area (Å²) in [5.41, 5.74) is 2.14. The fourth-order valence-corrected chi connectivity index (χ4v) is 2.96. The lowest BCUT2D eigenvalue weighted by Crippen LogP contribution is -2.20. The van der Waals surface area contributed by atoms with Crippen molar-refractivity contribution in [2.45, 2.75) is 18.9 Å². The smallest absolute Gasteiger partial charge is 0.148 e. The lowest BCUT2D eigenvalue weighted by molar-refractivity contribution is 0.218. The monoisotopic (exact) mass is 321 g/mol. The molecule has 1 aliphatic rings. The second-order valence-corrected chi connectivity index (χ2v) is 5.55. The number of ether oxygens (including phenoxy) is 1. The molecule has 0 spiro atoms. The quantitative estimate of drug-likeness (QED) is 0.922. The third-order valence-corrected chi connectivity index (χ3v) is 4.05. The van der Waals surface area contributed by atoms with Crippen LogP contribution < -0.4 is 5.32 Å². The first-order valence-corrected chi connectivity index (χ1v) is 7.24. The summed E-state index contributed by atoms with van der Waals surface area (Å²) in [5, 5.41) is 4.42. The van der Waals surface area contributed by atoms with E-state index >= 15 is 0 Å². The fourth-order valence-electron chi connectivity index (χ4n) is 2.50. The highest BCUT2D eigenvalue weighted by Crippen LogP contribution is 2.33. The number of furan rings is 1. The second-order valence-electron chi connectivity index (χ2n) is 4.70. The molecule has 1 aromatic heterocycles. The van der Waals surface area contributed by atoms with Crippen LogP contribution >= 0.6 is 15.9 Å². The molecule has 1 unspecified atom stereocenters. The van der Waals surface area contributed by atoms with Gasteiger partial charge in [-0.1, -0.05) is 12.1 Å². The lowest BCUT2D eigenvalue weighted by Gasteiger charge is -2.21. The summed E-state index contributed by atoms with van der Waals surface area (Å²) in [6.45, 7) is 0.811. The number of benzene rings is 1. The van der Waals surface area contributed by atoms with Crippen LogP contribution in [0.3, 0.4) is 0 Å². The molecule has 19 heavy (non-hydrogen) atoms. The van der Waals surface area contributed by atoms with Gasteiger partial charge in [0.2, 0.25) is 0 Å². The molecule has 0 saturated carbocycles. The molecule has 0 aliphatic carbocycles. The Morgan fingerprint density at radius 3 is 2.95 bits per heavy atom. The predicted octanol–water partition coefficient (Wildman–Crippen LogP) is 4.15. The fraction of sp³-hybridized carbons (Fsp3) is 0.333. The maximum Gasteiger partial charge on any atom is 0.148 e. The van der Waals surface area contributed by atoms with E-state index in [1.165, 1.54) is 5.57 Å². The average Bonchev–Trinajstić information content (AvgIpc) is 2.86. The van der Waals surface area contributed by atoms with Gasteiger partial charge in [-0.2, -0.15) is 0 Å². The number of nitrogens with one attached hydrogen (secondary N) is 1. The summed E-state index contributed by atoms with van der Waals surface area (Å²) in [6, 6.07) is 8.25. The van der Waals surface area contributed by atoms with Crippen LogP contribution in [-0.4, -0.2) is 13.7 Å². The Kier molecular flexibility index (Phi) is 3.62. The van der Waals surface area contributed by atoms with Gasteiger partial charge in [0.25, 0.3) is 0 Å². The lowest BCUT2D eigenvalue weighted by atomic mass is 10.00. The van der Waals surface area contributed by atoms with Crippen molar-refractivity contribution in [1.82, 2.24) is 5.32 Å². The molecule has 1 atom stereocenters. The van der Waals surface area contributed by atoms with Crippen molar-refractivity contribution in [3.63, 3.8) is 0 Å². The zero-order valence-electron chi connectivity index (χ0n) is 10.8. The molecule has 2 heterocycles. The molecule has 0 amide bonds. The third kappa shape index (κ3) is 2.42. The third-order valence-electron chi connectivity index (χ3n) is 3.42. The van der Waals surface area contributed by atoms with Crippen molar-refractivity contribution in [1.29, 1.82) is 0 Å². The Morgan fingerprint density at radius 1 is 1.37 bits per heavy atom. The zero-order valence-corrected chi connectivity index (χ0v) is 12.4. The van der Waals surface area contributed by atoms with Gasteiger partial charge in [0, 0.05) is 5.39 Å². The number of halogens is 1. The van der Waals surface area contributed by atoms with E-state index in [4.69, 9.17) is 9.15 Å². The molecule has 1 aromatic carbocycles. The highest BCUT2D eigenvalue weighted by molar-refractivity contribution is 9.10. The van der Waals surface area contributed by atoms with Gasteiger partial charge in [-0.3, -0.25) is 0 Å². The summed E-state index contributed by atoms with van der Waals surface area (Å²) >= 11 is 3.52. The summed E-state index contributed by atoms with van der Waals surface area (Å²) in [5.74, 6) is 0.932. The Hall–Kier alpha value is -1.26. The first kappa shape index (κ1) is 12.8. The number of fused-ring (bicyclic) bond motifs is 1. The minimum Gasteiger partial charge on any atom is -0.501 e. The highest BCUT2D eigenvalue weighted by atomic mass is 79.9. The highest BCUT2D eigenvalue weighted by Gasteiger charge is 2.21. The van der Waals surface area contributed by atoms with Gasteiger partial charge in [-0.25, -0.2) is 0 Å². The first-order chi connectivity index (χ1) is 9.29. The Morgan fingerprint density at radius 2 is 2.26 bits per heavy atom. The predicted molar refractivity (Wildman–Crippen MR) is 79.0 cm³/mol. The molecule has 0 saturated heterocycles. The average molecular weight is 322 g/mol. The van der Waals surface area contributed by atoms with Gasteiger partial charge in [0.05, 0.1) is 23.4 Å². The SMILES string of the molecule is CNC(C1=COCCC1)c1cc2cccc(Br)c2o1. The number of likely N-dealkylation sites (N-methyl/N-ethyl adjacent to an activating group) is 1. The van der Waals surface area contributed by atoms with Crippen molar-refractivity contribution in [2.75, 3.05) is 13.7 Å². The normalized spacial score (nSPS) is 17.1. The van der Waals surface area contributed by atoms with E-state index in [0.717, 1.165) is 40.7 Å². The Labute approximate surface area is 120 Å². The molecule has 0 radical (unpaired) electrons. The van der Waals surface area contributed by atoms with E-state index < -0.39 is 0 Å². The molecule has 1 N–H and O–H groups in total. The molecule has 3 rings (SSSR count). The van der Waals surface area contributed by atoms with Crippen molar-refractivity contribution >= 4 is 26.9 Å². The van der Waals surface area contributed by atoms with Crippen LogP contribution in [0.1, 0.15) is 24.6 Å². The van der Waals surface area contributed by atoms with Crippen LogP contribution in [0.2, 0.25) is 0 Å². The number of hydrogen-bond donors (Lipinski definition) is 1. The number of rotatable bonds is 3. The van der Waals surface area contributed by atoms with Gasteiger partial charge in [-0.05, 0) is 53.5 Å². The van der Waals surface area contributed by atoms with Gasteiger partial charge in [0.15, 0.2) is 0 Å². The van der Waals surface area contributed by atoms with E-state index in [-0.39, 0.29) is 6.04 Å². The molecule has 2 aromatic rings. The van der Waals surface area contributed by atoms with Gasteiger partial charge >= 0.3 is 0 Å². The molecule has 100 valence electrons. The van der Waals surface area contributed by atoms with Crippen LogP contribution in [-0.2, 0) is 4.74 Å². The topological polar surface area (TPSA) is 34.4 Å². The largest absolute Gasteiger partial charge is 0.501 e. The maximum absolute atomic E-state index is 6.00. The van der Waals surface area contributed by atoms with Gasteiger partial charge in [0.1, 0.15) is 11.3 Å². The maximum atomic E-state index is 6.00. The van der Waals surface area contributed by atoms with E-state index in [2.05, 4.69) is 33.4 Å². The molecule has 0 bridgehead atoms. The minimum absolute atomic E-state index is 0.0830. The molecular formula is C15H16BrNO2. The summed E-state index contributed by atoms with van der Waals surface area (Å²) < 4.78 is 12.4. The van der Waals surface area contributed by atoms with E-state index in [9.17, 15) is 0 Å². The van der Waals surface area contributed by atoms with Crippen LogP contribution in [0.4, 0.5) is 0 Å². The summed E-state index contributed by atoms with van der Waals surface area (Å²) in [7, 11) is 1.95. The van der Waals surface area contributed by atoms with Crippen LogP contribution in [0.25, 0.3) is 11.0 Å². The summed E-state index contributed by atoms with van der Waals surface area (Å²) in [4.78, 5) is 0.